The number of oxime groups is 1. The van der Waals surface area contributed by atoms with E-state index >= 15 is 0 Å². The van der Waals surface area contributed by atoms with Gasteiger partial charge in [0.15, 0.2) is 0 Å². The van der Waals surface area contributed by atoms with Crippen LogP contribution in [-0.2, 0) is 6.42 Å². The van der Waals surface area contributed by atoms with Crippen LogP contribution in [0.5, 0.6) is 0 Å². The van der Waals surface area contributed by atoms with Gasteiger partial charge in [0.1, 0.15) is 0 Å². The number of hydrogen-bond donors (Lipinski definition) is 1. The van der Waals surface area contributed by atoms with E-state index in [1.807, 2.05) is 42.5 Å². The summed E-state index contributed by atoms with van der Waals surface area (Å²) >= 11 is 3.39. The number of hydrogen-bond acceptors (Lipinski definition) is 3. The van der Waals surface area contributed by atoms with Crippen molar-refractivity contribution in [1.29, 1.82) is 0 Å². The van der Waals surface area contributed by atoms with Gasteiger partial charge < -0.3 is 5.21 Å². The maximum Gasteiger partial charge on any atom is 0.0927 e. The Morgan fingerprint density at radius 2 is 2.00 bits per heavy atom. The molecule has 0 amide bonds. The number of rotatable bonds is 3. The predicted octanol–water partition coefficient (Wildman–Crippen LogP) is 3.27. The summed E-state index contributed by atoms with van der Waals surface area (Å²) in [6, 6.07) is 13.3. The molecule has 0 fully saturated rings. The molecule has 1 aromatic carbocycles. The van der Waals surface area contributed by atoms with Crippen molar-refractivity contribution >= 4 is 21.6 Å². The van der Waals surface area contributed by atoms with Crippen LogP contribution >= 0.6 is 15.9 Å². The van der Waals surface area contributed by atoms with E-state index in [1.54, 1.807) is 6.20 Å². The Hall–Kier alpha value is -1.68. The molecule has 4 heteroatoms. The molecule has 1 N–H and O–H groups in total. The topological polar surface area (TPSA) is 45.5 Å². The lowest BCUT2D eigenvalue weighted by Gasteiger charge is -2.04. The Morgan fingerprint density at radius 1 is 1.24 bits per heavy atom. The molecule has 2 aromatic rings. The van der Waals surface area contributed by atoms with Gasteiger partial charge in [0.05, 0.1) is 5.71 Å². The molecule has 2 rings (SSSR count). The minimum atomic E-state index is 0.500. The van der Waals surface area contributed by atoms with Crippen LogP contribution in [0.25, 0.3) is 0 Å². The van der Waals surface area contributed by atoms with Crippen molar-refractivity contribution in [2.75, 3.05) is 0 Å². The summed E-state index contributed by atoms with van der Waals surface area (Å²) in [5.41, 5.74) is 2.36. The minimum Gasteiger partial charge on any atom is -0.411 e. The summed E-state index contributed by atoms with van der Waals surface area (Å²) in [6.45, 7) is 0. The zero-order valence-electron chi connectivity index (χ0n) is 9.05. The van der Waals surface area contributed by atoms with Gasteiger partial charge >= 0.3 is 0 Å². The number of aromatic nitrogens is 1. The normalized spacial score (nSPS) is 11.5. The number of benzene rings is 1. The van der Waals surface area contributed by atoms with Gasteiger partial charge in [-0.05, 0) is 17.7 Å². The molecule has 0 aliphatic heterocycles. The Labute approximate surface area is 108 Å². The first-order chi connectivity index (χ1) is 8.29. The summed E-state index contributed by atoms with van der Waals surface area (Å²) in [4.78, 5) is 4.23. The molecular formula is C13H11BrN2O. The summed E-state index contributed by atoms with van der Waals surface area (Å²) in [6.07, 6.45) is 2.22. The highest BCUT2D eigenvalue weighted by molar-refractivity contribution is 9.10. The lowest BCUT2D eigenvalue weighted by Crippen LogP contribution is -2.06. The maximum atomic E-state index is 9.06. The monoisotopic (exact) mass is 290 g/mol. The second kappa shape index (κ2) is 5.59. The summed E-state index contributed by atoms with van der Waals surface area (Å²) in [5.74, 6) is 0. The first kappa shape index (κ1) is 11.8. The maximum absolute atomic E-state index is 9.06. The molecule has 3 nitrogen and oxygen atoms in total. The first-order valence-corrected chi connectivity index (χ1v) is 5.95. The standard InChI is InChI=1S/C13H11BrN2O/c14-11-6-7-15-12(8-11)9-13(16-17)10-4-2-1-3-5-10/h1-8,17H,9H2/b16-13-. The summed E-state index contributed by atoms with van der Waals surface area (Å²) in [5, 5.41) is 12.4. The fourth-order valence-electron chi connectivity index (χ4n) is 1.54. The molecule has 0 aliphatic rings. The van der Waals surface area contributed by atoms with Crippen LogP contribution in [0.1, 0.15) is 11.3 Å². The smallest absolute Gasteiger partial charge is 0.0927 e. The second-order valence-electron chi connectivity index (χ2n) is 3.55. The third-order valence-corrected chi connectivity index (χ3v) is 2.85. The number of nitrogens with zero attached hydrogens (tertiary/aromatic N) is 2. The van der Waals surface area contributed by atoms with Gasteiger partial charge in [-0.3, -0.25) is 4.98 Å². The van der Waals surface area contributed by atoms with Crippen LogP contribution in [0.15, 0.2) is 58.3 Å². The van der Waals surface area contributed by atoms with Crippen molar-refractivity contribution in [1.82, 2.24) is 4.98 Å². The van der Waals surface area contributed by atoms with Crippen LogP contribution in [0.2, 0.25) is 0 Å². The minimum absolute atomic E-state index is 0.500. The van der Waals surface area contributed by atoms with Crippen LogP contribution in [0, 0.1) is 0 Å². The molecule has 86 valence electrons. The van der Waals surface area contributed by atoms with E-state index in [-0.39, 0.29) is 0 Å². The molecule has 1 aromatic heterocycles. The number of halogens is 1. The van der Waals surface area contributed by atoms with Crippen molar-refractivity contribution in [2.45, 2.75) is 6.42 Å². The lowest BCUT2D eigenvalue weighted by molar-refractivity contribution is 0.318. The SMILES string of the molecule is O/N=C(/Cc1cc(Br)ccn1)c1ccccc1. The molecule has 0 saturated carbocycles. The van der Waals surface area contributed by atoms with Crippen LogP contribution in [0.4, 0.5) is 0 Å². The highest BCUT2D eigenvalue weighted by atomic mass is 79.9. The van der Waals surface area contributed by atoms with Crippen LogP contribution in [0.3, 0.4) is 0 Å². The molecule has 17 heavy (non-hydrogen) atoms. The van der Waals surface area contributed by atoms with Crippen LogP contribution in [-0.4, -0.2) is 15.9 Å². The van der Waals surface area contributed by atoms with Crippen molar-refractivity contribution in [2.24, 2.45) is 5.16 Å². The van der Waals surface area contributed by atoms with Gasteiger partial charge in [-0.25, -0.2) is 0 Å². The van der Waals surface area contributed by atoms with Gasteiger partial charge in [-0.15, -0.1) is 0 Å². The Kier molecular flexibility index (Phi) is 3.88. The second-order valence-corrected chi connectivity index (χ2v) is 4.47. The first-order valence-electron chi connectivity index (χ1n) is 5.16. The molecule has 0 bridgehead atoms. The summed E-state index contributed by atoms with van der Waals surface area (Å²) in [7, 11) is 0. The predicted molar refractivity (Wildman–Crippen MR) is 70.4 cm³/mol. The molecule has 0 aliphatic carbocycles. The highest BCUT2D eigenvalue weighted by Crippen LogP contribution is 2.12. The van der Waals surface area contributed by atoms with E-state index in [4.69, 9.17) is 5.21 Å². The van der Waals surface area contributed by atoms with E-state index < -0.39 is 0 Å². The van der Waals surface area contributed by atoms with E-state index in [2.05, 4.69) is 26.1 Å². The zero-order chi connectivity index (χ0) is 12.1. The molecule has 0 spiro atoms. The van der Waals surface area contributed by atoms with Gasteiger partial charge in [0.25, 0.3) is 0 Å². The van der Waals surface area contributed by atoms with Crippen molar-refractivity contribution < 1.29 is 5.21 Å². The van der Waals surface area contributed by atoms with Gasteiger partial charge in [-0.1, -0.05) is 51.4 Å². The molecule has 0 radical (unpaired) electrons. The van der Waals surface area contributed by atoms with E-state index in [9.17, 15) is 0 Å². The molecule has 1 heterocycles. The Morgan fingerprint density at radius 3 is 2.65 bits per heavy atom. The Balaban J connectivity index is 2.23. The lowest BCUT2D eigenvalue weighted by atomic mass is 10.1. The van der Waals surface area contributed by atoms with Crippen molar-refractivity contribution in [3.63, 3.8) is 0 Å². The zero-order valence-corrected chi connectivity index (χ0v) is 10.6. The average molecular weight is 291 g/mol. The Bertz CT molecular complexity index is 526. The van der Waals surface area contributed by atoms with Crippen molar-refractivity contribution in [3.05, 3.63) is 64.4 Å². The molecule has 0 unspecified atom stereocenters. The van der Waals surface area contributed by atoms with E-state index in [0.29, 0.717) is 12.1 Å². The fraction of sp³-hybridized carbons (Fsp3) is 0.0769. The van der Waals surface area contributed by atoms with Gasteiger partial charge in [0, 0.05) is 22.8 Å². The van der Waals surface area contributed by atoms with Gasteiger partial charge in [0.2, 0.25) is 0 Å². The quantitative estimate of drug-likeness (QED) is 0.536. The molecular weight excluding hydrogens is 280 g/mol. The third-order valence-electron chi connectivity index (χ3n) is 2.35. The third kappa shape index (κ3) is 3.14. The van der Waals surface area contributed by atoms with Crippen LogP contribution < -0.4 is 0 Å². The summed E-state index contributed by atoms with van der Waals surface area (Å²) < 4.78 is 0.966. The van der Waals surface area contributed by atoms with Crippen molar-refractivity contribution in [3.8, 4) is 0 Å². The van der Waals surface area contributed by atoms with E-state index in [1.165, 1.54) is 0 Å². The van der Waals surface area contributed by atoms with Gasteiger partial charge in [-0.2, -0.15) is 0 Å². The average Bonchev–Trinajstić information content (AvgIpc) is 2.37. The number of pyridine rings is 1. The fourth-order valence-corrected chi connectivity index (χ4v) is 1.93. The molecule has 0 saturated heterocycles. The molecule has 0 atom stereocenters. The largest absolute Gasteiger partial charge is 0.411 e. The highest BCUT2D eigenvalue weighted by Gasteiger charge is 2.06. The van der Waals surface area contributed by atoms with E-state index in [0.717, 1.165) is 15.7 Å².